The third-order valence-corrected chi connectivity index (χ3v) is 6.45. The first-order valence-electron chi connectivity index (χ1n) is 12.0. The van der Waals surface area contributed by atoms with Crippen molar-refractivity contribution >= 4 is 48.6 Å². The van der Waals surface area contributed by atoms with Crippen molar-refractivity contribution in [3.05, 3.63) is 99.4 Å². The van der Waals surface area contributed by atoms with Crippen LogP contribution in [0.5, 0.6) is 0 Å². The van der Waals surface area contributed by atoms with Gasteiger partial charge in [-0.2, -0.15) is 0 Å². The first-order valence-corrected chi connectivity index (χ1v) is 12.0. The SMILES string of the molecule is Cc1cc(NCCCN2CCN(C(c3ccccc3)c3ccccc3)CC2)c([N+](=O)[O-])c(C)n1.Cl.Cl.Cl. The summed E-state index contributed by atoms with van der Waals surface area (Å²) >= 11 is 0. The van der Waals surface area contributed by atoms with Crippen LogP contribution < -0.4 is 5.32 Å². The van der Waals surface area contributed by atoms with Crippen molar-refractivity contribution in [1.29, 1.82) is 0 Å². The molecule has 0 atom stereocenters. The van der Waals surface area contributed by atoms with Crippen molar-refractivity contribution in [2.45, 2.75) is 26.3 Å². The Morgan fingerprint density at radius 2 is 1.46 bits per heavy atom. The van der Waals surface area contributed by atoms with Crippen LogP contribution in [0, 0.1) is 24.0 Å². The van der Waals surface area contributed by atoms with Crippen LogP contribution in [-0.4, -0.2) is 59.0 Å². The molecular formula is C27H36Cl3N5O2. The molecule has 0 saturated carbocycles. The van der Waals surface area contributed by atoms with Crippen LogP contribution in [0.2, 0.25) is 0 Å². The maximum Gasteiger partial charge on any atom is 0.313 e. The van der Waals surface area contributed by atoms with Gasteiger partial charge in [-0.1, -0.05) is 60.7 Å². The Labute approximate surface area is 238 Å². The topological polar surface area (TPSA) is 74.5 Å². The quantitative estimate of drug-likeness (QED) is 0.192. The molecule has 1 aromatic heterocycles. The molecule has 1 N–H and O–H groups in total. The minimum atomic E-state index is -0.348. The molecular weight excluding hydrogens is 533 g/mol. The lowest BCUT2D eigenvalue weighted by molar-refractivity contribution is -0.384. The Morgan fingerprint density at radius 3 is 1.97 bits per heavy atom. The van der Waals surface area contributed by atoms with Gasteiger partial charge in [-0.05, 0) is 44.0 Å². The van der Waals surface area contributed by atoms with Crippen molar-refractivity contribution in [3.8, 4) is 0 Å². The molecule has 0 amide bonds. The van der Waals surface area contributed by atoms with Crippen LogP contribution in [0.25, 0.3) is 0 Å². The number of hydrogen-bond acceptors (Lipinski definition) is 6. The number of nitro groups is 1. The van der Waals surface area contributed by atoms with E-state index in [1.807, 2.05) is 6.92 Å². The second kappa shape index (κ2) is 15.7. The van der Waals surface area contributed by atoms with E-state index in [-0.39, 0.29) is 53.9 Å². The van der Waals surface area contributed by atoms with Gasteiger partial charge in [-0.3, -0.25) is 20.0 Å². The third-order valence-electron chi connectivity index (χ3n) is 6.45. The molecule has 1 fully saturated rings. The Morgan fingerprint density at radius 1 is 0.919 bits per heavy atom. The minimum Gasteiger partial charge on any atom is -0.379 e. The molecule has 202 valence electrons. The van der Waals surface area contributed by atoms with Gasteiger partial charge in [0, 0.05) is 38.4 Å². The Bertz CT molecular complexity index is 1060. The molecule has 37 heavy (non-hydrogen) atoms. The first kappa shape index (κ1) is 32.6. The average molecular weight is 569 g/mol. The highest BCUT2D eigenvalue weighted by Crippen LogP contribution is 2.30. The minimum absolute atomic E-state index is 0. The second-order valence-corrected chi connectivity index (χ2v) is 8.88. The summed E-state index contributed by atoms with van der Waals surface area (Å²) in [5.41, 5.74) is 4.54. The molecule has 2 heterocycles. The molecule has 0 aliphatic carbocycles. The summed E-state index contributed by atoms with van der Waals surface area (Å²) < 4.78 is 0. The van der Waals surface area contributed by atoms with Crippen molar-refractivity contribution < 1.29 is 4.92 Å². The zero-order chi connectivity index (χ0) is 23.9. The van der Waals surface area contributed by atoms with E-state index >= 15 is 0 Å². The molecule has 0 bridgehead atoms. The Balaban J connectivity index is 0.00000228. The van der Waals surface area contributed by atoms with E-state index in [4.69, 9.17) is 0 Å². The number of benzene rings is 2. The van der Waals surface area contributed by atoms with Gasteiger partial charge in [0.05, 0.1) is 11.0 Å². The van der Waals surface area contributed by atoms with Crippen molar-refractivity contribution in [2.24, 2.45) is 0 Å². The molecule has 1 aliphatic heterocycles. The van der Waals surface area contributed by atoms with E-state index in [0.717, 1.165) is 44.8 Å². The fraction of sp³-hybridized carbons (Fsp3) is 0.370. The number of aromatic nitrogens is 1. The van der Waals surface area contributed by atoms with Crippen LogP contribution in [-0.2, 0) is 0 Å². The molecule has 7 nitrogen and oxygen atoms in total. The summed E-state index contributed by atoms with van der Waals surface area (Å²) in [5, 5.41) is 14.7. The summed E-state index contributed by atoms with van der Waals surface area (Å²) in [6, 6.07) is 23.5. The summed E-state index contributed by atoms with van der Waals surface area (Å²) in [6.45, 7) is 9.27. The monoisotopic (exact) mass is 567 g/mol. The van der Waals surface area contributed by atoms with Crippen LogP contribution in [0.3, 0.4) is 0 Å². The van der Waals surface area contributed by atoms with E-state index in [1.54, 1.807) is 13.0 Å². The lowest BCUT2D eigenvalue weighted by atomic mass is 9.96. The number of anilines is 1. The van der Waals surface area contributed by atoms with Crippen LogP contribution in [0.15, 0.2) is 66.7 Å². The number of pyridine rings is 1. The normalized spacial score (nSPS) is 13.7. The summed E-state index contributed by atoms with van der Waals surface area (Å²) in [5.74, 6) is 0. The number of nitrogens with zero attached hydrogens (tertiary/aromatic N) is 4. The third kappa shape index (κ3) is 8.55. The predicted molar refractivity (Wildman–Crippen MR) is 158 cm³/mol. The number of rotatable bonds is 9. The molecule has 0 spiro atoms. The molecule has 4 rings (SSSR count). The molecule has 2 aromatic carbocycles. The van der Waals surface area contributed by atoms with Gasteiger partial charge >= 0.3 is 5.69 Å². The largest absolute Gasteiger partial charge is 0.379 e. The smallest absolute Gasteiger partial charge is 0.313 e. The van der Waals surface area contributed by atoms with E-state index in [0.29, 0.717) is 17.9 Å². The maximum atomic E-state index is 11.4. The predicted octanol–water partition coefficient (Wildman–Crippen LogP) is 6.08. The van der Waals surface area contributed by atoms with Crippen LogP contribution >= 0.6 is 37.2 Å². The van der Waals surface area contributed by atoms with Gasteiger partial charge in [0.2, 0.25) is 0 Å². The van der Waals surface area contributed by atoms with Gasteiger partial charge in [-0.25, -0.2) is 0 Å². The zero-order valence-corrected chi connectivity index (χ0v) is 23.7. The number of hydrogen-bond donors (Lipinski definition) is 1. The van der Waals surface area contributed by atoms with Crippen LogP contribution in [0.4, 0.5) is 11.4 Å². The van der Waals surface area contributed by atoms with E-state index in [9.17, 15) is 10.1 Å². The van der Waals surface area contributed by atoms with Gasteiger partial charge in [0.25, 0.3) is 0 Å². The molecule has 0 unspecified atom stereocenters. The molecule has 1 saturated heterocycles. The van der Waals surface area contributed by atoms with Gasteiger partial charge in [-0.15, -0.1) is 37.2 Å². The van der Waals surface area contributed by atoms with Gasteiger partial charge < -0.3 is 10.2 Å². The van der Waals surface area contributed by atoms with E-state index < -0.39 is 0 Å². The number of halogens is 3. The summed E-state index contributed by atoms with van der Waals surface area (Å²) in [6.07, 6.45) is 0.929. The molecule has 1 aliphatic rings. The molecule has 0 radical (unpaired) electrons. The summed E-state index contributed by atoms with van der Waals surface area (Å²) in [7, 11) is 0. The fourth-order valence-corrected chi connectivity index (χ4v) is 4.84. The van der Waals surface area contributed by atoms with Gasteiger partial charge in [0.1, 0.15) is 11.4 Å². The van der Waals surface area contributed by atoms with Crippen molar-refractivity contribution in [2.75, 3.05) is 44.6 Å². The standard InChI is InChI=1S/C27H33N5O2.3ClH/c1-21-20-25(26(32(33)34)22(2)29-21)28-14-9-15-30-16-18-31(19-17-30)27(23-10-5-3-6-11-23)24-12-7-4-8-13-24;;;/h3-8,10-13,20,27H,9,14-19H2,1-2H3,(H,28,29);3*1H. The zero-order valence-electron chi connectivity index (χ0n) is 21.2. The number of nitrogens with one attached hydrogen (secondary N) is 1. The Kier molecular flexibility index (Phi) is 13.9. The van der Waals surface area contributed by atoms with Crippen LogP contribution in [0.1, 0.15) is 35.0 Å². The highest BCUT2D eigenvalue weighted by molar-refractivity contribution is 5.86. The van der Waals surface area contributed by atoms with Crippen molar-refractivity contribution in [3.63, 3.8) is 0 Å². The number of aryl methyl sites for hydroxylation is 2. The lowest BCUT2D eigenvalue weighted by Gasteiger charge is -2.39. The lowest BCUT2D eigenvalue weighted by Crippen LogP contribution is -2.48. The second-order valence-electron chi connectivity index (χ2n) is 8.88. The first-order chi connectivity index (χ1) is 16.5. The maximum absolute atomic E-state index is 11.4. The van der Waals surface area contributed by atoms with E-state index in [1.165, 1.54) is 11.1 Å². The van der Waals surface area contributed by atoms with E-state index in [2.05, 4.69) is 80.8 Å². The molecule has 3 aromatic rings. The Hall–Kier alpha value is -2.42. The highest BCUT2D eigenvalue weighted by Gasteiger charge is 2.26. The van der Waals surface area contributed by atoms with Gasteiger partial charge in [0.15, 0.2) is 0 Å². The fourth-order valence-electron chi connectivity index (χ4n) is 4.84. The average Bonchev–Trinajstić information content (AvgIpc) is 2.83. The summed E-state index contributed by atoms with van der Waals surface area (Å²) in [4.78, 5) is 20.4. The highest BCUT2D eigenvalue weighted by atomic mass is 35.5. The van der Waals surface area contributed by atoms with Crippen molar-refractivity contribution in [1.82, 2.24) is 14.8 Å². The number of piperazine rings is 1. The molecule has 10 heteroatoms.